The summed E-state index contributed by atoms with van der Waals surface area (Å²) in [7, 11) is 0. The molecule has 0 bridgehead atoms. The van der Waals surface area contributed by atoms with Gasteiger partial charge in [0.15, 0.2) is 0 Å². The van der Waals surface area contributed by atoms with E-state index in [2.05, 4.69) is 40.7 Å². The van der Waals surface area contributed by atoms with Crippen molar-refractivity contribution in [2.45, 2.75) is 51.4 Å². The summed E-state index contributed by atoms with van der Waals surface area (Å²) in [6.07, 6.45) is 2.69. The minimum atomic E-state index is -0.408. The molecule has 0 aliphatic carbocycles. The third kappa shape index (κ3) is 4.56. The van der Waals surface area contributed by atoms with Gasteiger partial charge in [-0.05, 0) is 42.9 Å². The van der Waals surface area contributed by atoms with E-state index >= 15 is 0 Å². The highest BCUT2D eigenvalue weighted by Gasteiger charge is 2.27. The van der Waals surface area contributed by atoms with Crippen molar-refractivity contribution in [1.82, 2.24) is 15.5 Å². The quantitative estimate of drug-likeness (QED) is 0.760. The monoisotopic (exact) mass is 331 g/mol. The number of benzene rings is 1. The molecule has 0 saturated carbocycles. The van der Waals surface area contributed by atoms with Crippen LogP contribution in [-0.2, 0) is 17.9 Å². The first kappa shape index (κ1) is 17.4. The van der Waals surface area contributed by atoms with E-state index in [1.165, 1.54) is 24.0 Å². The number of nitrogens with zero attached hydrogens (tertiary/aromatic N) is 1. The summed E-state index contributed by atoms with van der Waals surface area (Å²) in [4.78, 5) is 14.7. The van der Waals surface area contributed by atoms with Crippen molar-refractivity contribution in [3.05, 3.63) is 35.4 Å². The largest absolute Gasteiger partial charge is 0.392 e. The molecule has 3 unspecified atom stereocenters. The van der Waals surface area contributed by atoms with Crippen LogP contribution in [-0.4, -0.2) is 47.7 Å². The van der Waals surface area contributed by atoms with Crippen LogP contribution in [0.2, 0.25) is 0 Å². The number of piperidine rings is 1. The molecule has 2 aliphatic rings. The van der Waals surface area contributed by atoms with Gasteiger partial charge in [0.2, 0.25) is 5.91 Å². The van der Waals surface area contributed by atoms with Crippen molar-refractivity contribution >= 4 is 5.91 Å². The van der Waals surface area contributed by atoms with Crippen LogP contribution in [0.4, 0.5) is 0 Å². The second-order valence-electron chi connectivity index (χ2n) is 7.32. The second-order valence-corrected chi connectivity index (χ2v) is 7.32. The standard InChI is InChI=1S/C19H29N3O2/c1-14-5-4-8-22(12-14)13-16-7-3-2-6-15(16)10-21-19(24)18-9-17(23)11-20-18/h2-3,6-7,14,17-18,20,23H,4-5,8-13H2,1H3,(H,21,24). The molecular weight excluding hydrogens is 302 g/mol. The average molecular weight is 331 g/mol. The van der Waals surface area contributed by atoms with Crippen molar-refractivity contribution in [1.29, 1.82) is 0 Å². The fraction of sp³-hybridized carbons (Fsp3) is 0.632. The van der Waals surface area contributed by atoms with Crippen molar-refractivity contribution in [2.24, 2.45) is 5.92 Å². The van der Waals surface area contributed by atoms with Crippen LogP contribution in [0.5, 0.6) is 0 Å². The fourth-order valence-corrected chi connectivity index (χ4v) is 3.78. The summed E-state index contributed by atoms with van der Waals surface area (Å²) < 4.78 is 0. The van der Waals surface area contributed by atoms with E-state index in [0.717, 1.165) is 25.6 Å². The molecule has 0 aromatic heterocycles. The lowest BCUT2D eigenvalue weighted by Gasteiger charge is -2.31. The van der Waals surface area contributed by atoms with Gasteiger partial charge in [-0.25, -0.2) is 0 Å². The van der Waals surface area contributed by atoms with Gasteiger partial charge in [0.1, 0.15) is 0 Å². The maximum absolute atomic E-state index is 12.2. The summed E-state index contributed by atoms with van der Waals surface area (Å²) in [5, 5.41) is 15.6. The Labute approximate surface area is 144 Å². The number of likely N-dealkylation sites (tertiary alicyclic amines) is 1. The number of carbonyl (C=O) groups is 1. The maximum Gasteiger partial charge on any atom is 0.237 e. The Morgan fingerprint density at radius 1 is 1.38 bits per heavy atom. The molecular formula is C19H29N3O2. The molecule has 3 N–H and O–H groups in total. The van der Waals surface area contributed by atoms with Gasteiger partial charge in [0.05, 0.1) is 12.1 Å². The number of aliphatic hydroxyl groups excluding tert-OH is 1. The van der Waals surface area contributed by atoms with Gasteiger partial charge < -0.3 is 15.7 Å². The minimum absolute atomic E-state index is 0.0204. The number of hydrogen-bond donors (Lipinski definition) is 3. The van der Waals surface area contributed by atoms with E-state index in [9.17, 15) is 9.90 Å². The summed E-state index contributed by atoms with van der Waals surface area (Å²) in [5.74, 6) is 0.749. The number of hydrogen-bond acceptors (Lipinski definition) is 4. The molecule has 24 heavy (non-hydrogen) atoms. The SMILES string of the molecule is CC1CCCN(Cc2ccccc2CNC(=O)C2CC(O)CN2)C1. The molecule has 2 aliphatic heterocycles. The fourth-order valence-electron chi connectivity index (χ4n) is 3.78. The molecule has 2 heterocycles. The van der Waals surface area contributed by atoms with Gasteiger partial charge in [-0.15, -0.1) is 0 Å². The Balaban J connectivity index is 1.56. The van der Waals surface area contributed by atoms with Crippen LogP contribution >= 0.6 is 0 Å². The van der Waals surface area contributed by atoms with E-state index in [1.54, 1.807) is 0 Å². The zero-order valence-electron chi connectivity index (χ0n) is 14.5. The zero-order valence-corrected chi connectivity index (χ0v) is 14.5. The lowest BCUT2D eigenvalue weighted by atomic mass is 9.99. The van der Waals surface area contributed by atoms with E-state index in [0.29, 0.717) is 19.5 Å². The number of carbonyl (C=O) groups excluding carboxylic acids is 1. The molecule has 2 fully saturated rings. The van der Waals surface area contributed by atoms with Crippen LogP contribution in [0.1, 0.15) is 37.3 Å². The molecule has 5 heteroatoms. The Bertz CT molecular complexity index is 563. The Morgan fingerprint density at radius 3 is 2.88 bits per heavy atom. The van der Waals surface area contributed by atoms with Crippen LogP contribution in [0.3, 0.4) is 0 Å². The second kappa shape index (κ2) is 8.10. The van der Waals surface area contributed by atoms with Gasteiger partial charge in [-0.3, -0.25) is 9.69 Å². The van der Waals surface area contributed by atoms with Gasteiger partial charge in [-0.2, -0.15) is 0 Å². The Kier molecular flexibility index (Phi) is 5.87. The van der Waals surface area contributed by atoms with Crippen molar-refractivity contribution in [2.75, 3.05) is 19.6 Å². The number of aliphatic hydroxyl groups is 1. The number of rotatable bonds is 5. The Morgan fingerprint density at radius 2 is 2.17 bits per heavy atom. The molecule has 1 amide bonds. The van der Waals surface area contributed by atoms with Crippen molar-refractivity contribution < 1.29 is 9.90 Å². The predicted molar refractivity (Wildman–Crippen MR) is 94.4 cm³/mol. The third-order valence-corrected chi connectivity index (χ3v) is 5.13. The molecule has 0 spiro atoms. The molecule has 1 aromatic rings. The summed E-state index contributed by atoms with van der Waals surface area (Å²) in [6, 6.07) is 8.10. The van der Waals surface area contributed by atoms with Gasteiger partial charge in [0.25, 0.3) is 0 Å². The van der Waals surface area contributed by atoms with Crippen LogP contribution in [0.15, 0.2) is 24.3 Å². The smallest absolute Gasteiger partial charge is 0.237 e. The third-order valence-electron chi connectivity index (χ3n) is 5.13. The van der Waals surface area contributed by atoms with Crippen LogP contribution in [0, 0.1) is 5.92 Å². The zero-order chi connectivity index (χ0) is 16.9. The highest BCUT2D eigenvalue weighted by Crippen LogP contribution is 2.19. The summed E-state index contributed by atoms with van der Waals surface area (Å²) in [5.41, 5.74) is 2.48. The lowest BCUT2D eigenvalue weighted by molar-refractivity contribution is -0.123. The molecule has 132 valence electrons. The first-order valence-electron chi connectivity index (χ1n) is 9.10. The predicted octanol–water partition coefficient (Wildman–Crippen LogP) is 1.26. The molecule has 0 radical (unpaired) electrons. The summed E-state index contributed by atoms with van der Waals surface area (Å²) in [6.45, 7) is 6.64. The number of β-amino-alcohol motifs (C(OH)–C–C–N with tert-alkyl or cyclic N) is 1. The molecule has 3 atom stereocenters. The van der Waals surface area contributed by atoms with Gasteiger partial charge in [-0.1, -0.05) is 31.2 Å². The van der Waals surface area contributed by atoms with E-state index in [1.807, 2.05) is 6.07 Å². The molecule has 5 nitrogen and oxygen atoms in total. The number of nitrogens with one attached hydrogen (secondary N) is 2. The summed E-state index contributed by atoms with van der Waals surface area (Å²) >= 11 is 0. The van der Waals surface area contributed by atoms with Crippen molar-refractivity contribution in [3.63, 3.8) is 0 Å². The highest BCUT2D eigenvalue weighted by molar-refractivity contribution is 5.82. The first-order chi connectivity index (χ1) is 11.6. The Hall–Kier alpha value is -1.43. The highest BCUT2D eigenvalue weighted by atomic mass is 16.3. The molecule has 1 aromatic carbocycles. The van der Waals surface area contributed by atoms with E-state index in [4.69, 9.17) is 0 Å². The van der Waals surface area contributed by atoms with Crippen molar-refractivity contribution in [3.8, 4) is 0 Å². The van der Waals surface area contributed by atoms with Gasteiger partial charge >= 0.3 is 0 Å². The van der Waals surface area contributed by atoms with E-state index < -0.39 is 6.10 Å². The molecule has 2 saturated heterocycles. The van der Waals surface area contributed by atoms with Crippen LogP contribution in [0.25, 0.3) is 0 Å². The minimum Gasteiger partial charge on any atom is -0.392 e. The normalized spacial score (nSPS) is 28.0. The number of amides is 1. The average Bonchev–Trinajstić information content (AvgIpc) is 3.00. The maximum atomic E-state index is 12.2. The van der Waals surface area contributed by atoms with Crippen LogP contribution < -0.4 is 10.6 Å². The van der Waals surface area contributed by atoms with E-state index in [-0.39, 0.29) is 11.9 Å². The van der Waals surface area contributed by atoms with Gasteiger partial charge in [0, 0.05) is 26.2 Å². The first-order valence-corrected chi connectivity index (χ1v) is 9.10. The molecule has 3 rings (SSSR count). The lowest BCUT2D eigenvalue weighted by Crippen LogP contribution is -2.40. The topological polar surface area (TPSA) is 64.6 Å².